The van der Waals surface area contributed by atoms with Gasteiger partial charge < -0.3 is 5.73 Å². The maximum atomic E-state index is 13.4. The second kappa shape index (κ2) is 6.23. The number of halogens is 1. The van der Waals surface area contributed by atoms with Crippen LogP contribution in [0.3, 0.4) is 0 Å². The Kier molecular flexibility index (Phi) is 5.23. The van der Waals surface area contributed by atoms with Gasteiger partial charge in [0.1, 0.15) is 10.7 Å². The van der Waals surface area contributed by atoms with Gasteiger partial charge in [0.25, 0.3) is 0 Å². The van der Waals surface area contributed by atoms with Crippen molar-refractivity contribution in [3.05, 3.63) is 24.0 Å². The van der Waals surface area contributed by atoms with Gasteiger partial charge in [-0.15, -0.1) is 0 Å². The smallest absolute Gasteiger partial charge is 0.245 e. The maximum absolute atomic E-state index is 13.4. The SMILES string of the molecule is CSCCCNS(=O)(=O)c1c(N)cccc1F. The van der Waals surface area contributed by atoms with Crippen molar-refractivity contribution in [2.75, 3.05) is 24.3 Å². The van der Waals surface area contributed by atoms with Crippen molar-refractivity contribution in [3.8, 4) is 0 Å². The number of benzene rings is 1. The van der Waals surface area contributed by atoms with Crippen LogP contribution in [-0.4, -0.2) is 27.0 Å². The molecule has 0 saturated carbocycles. The van der Waals surface area contributed by atoms with Crippen LogP contribution in [0.5, 0.6) is 0 Å². The first kappa shape index (κ1) is 14.3. The Hall–Kier alpha value is -0.790. The molecular weight excluding hydrogens is 263 g/mol. The first-order valence-electron chi connectivity index (χ1n) is 5.01. The minimum absolute atomic E-state index is 0.0811. The lowest BCUT2D eigenvalue weighted by atomic mass is 10.3. The van der Waals surface area contributed by atoms with E-state index in [0.29, 0.717) is 6.42 Å². The van der Waals surface area contributed by atoms with Gasteiger partial charge in [-0.05, 0) is 30.6 Å². The lowest BCUT2D eigenvalue weighted by Crippen LogP contribution is -2.26. The van der Waals surface area contributed by atoms with E-state index in [-0.39, 0.29) is 12.2 Å². The van der Waals surface area contributed by atoms with Gasteiger partial charge in [0.05, 0.1) is 5.69 Å². The standard InChI is InChI=1S/C10H15FN2O2S2/c1-16-7-3-6-13-17(14,15)10-8(11)4-2-5-9(10)12/h2,4-5,13H,3,6-7,12H2,1H3. The number of rotatable bonds is 6. The van der Waals surface area contributed by atoms with Gasteiger partial charge in [-0.1, -0.05) is 6.07 Å². The van der Waals surface area contributed by atoms with Crippen LogP contribution in [-0.2, 0) is 10.0 Å². The van der Waals surface area contributed by atoms with E-state index in [2.05, 4.69) is 4.72 Å². The lowest BCUT2D eigenvalue weighted by molar-refractivity contribution is 0.558. The predicted octanol–water partition coefficient (Wildman–Crippen LogP) is 1.44. The molecule has 0 bridgehead atoms. The largest absolute Gasteiger partial charge is 0.398 e. The average Bonchev–Trinajstić information content (AvgIpc) is 2.24. The third-order valence-electron chi connectivity index (χ3n) is 2.08. The molecule has 1 aromatic carbocycles. The van der Waals surface area contributed by atoms with E-state index in [0.717, 1.165) is 11.8 Å². The molecule has 96 valence electrons. The van der Waals surface area contributed by atoms with E-state index < -0.39 is 20.7 Å². The van der Waals surface area contributed by atoms with Crippen LogP contribution in [0.15, 0.2) is 23.1 Å². The first-order chi connectivity index (χ1) is 7.99. The quantitative estimate of drug-likeness (QED) is 0.610. The fourth-order valence-electron chi connectivity index (χ4n) is 1.30. The van der Waals surface area contributed by atoms with E-state index in [4.69, 9.17) is 5.73 Å². The fourth-order valence-corrected chi connectivity index (χ4v) is 3.00. The molecule has 0 saturated heterocycles. The van der Waals surface area contributed by atoms with Crippen molar-refractivity contribution in [1.29, 1.82) is 0 Å². The van der Waals surface area contributed by atoms with Crippen LogP contribution in [0.4, 0.5) is 10.1 Å². The van der Waals surface area contributed by atoms with Crippen molar-refractivity contribution in [3.63, 3.8) is 0 Å². The molecule has 0 aliphatic rings. The molecule has 0 heterocycles. The van der Waals surface area contributed by atoms with E-state index in [1.54, 1.807) is 11.8 Å². The minimum Gasteiger partial charge on any atom is -0.398 e. The Labute approximate surface area is 105 Å². The Morgan fingerprint density at radius 1 is 1.47 bits per heavy atom. The summed E-state index contributed by atoms with van der Waals surface area (Å²) in [4.78, 5) is -0.468. The molecule has 0 radical (unpaired) electrons. The Morgan fingerprint density at radius 2 is 2.18 bits per heavy atom. The van der Waals surface area contributed by atoms with Crippen molar-refractivity contribution in [2.45, 2.75) is 11.3 Å². The molecule has 0 aliphatic heterocycles. The second-order valence-corrected chi connectivity index (χ2v) is 6.09. The zero-order chi connectivity index (χ0) is 12.9. The Morgan fingerprint density at radius 3 is 2.76 bits per heavy atom. The third-order valence-corrected chi connectivity index (χ3v) is 4.33. The average molecular weight is 278 g/mol. The van der Waals surface area contributed by atoms with Crippen molar-refractivity contribution in [1.82, 2.24) is 4.72 Å². The third kappa shape index (κ3) is 3.86. The van der Waals surface area contributed by atoms with E-state index in [1.165, 1.54) is 12.1 Å². The molecule has 0 atom stereocenters. The second-order valence-electron chi connectivity index (χ2n) is 3.40. The summed E-state index contributed by atoms with van der Waals surface area (Å²) in [6.45, 7) is 0.275. The molecule has 1 rings (SSSR count). The predicted molar refractivity (Wildman–Crippen MR) is 69.0 cm³/mol. The molecule has 0 spiro atoms. The summed E-state index contributed by atoms with van der Waals surface area (Å²) < 4.78 is 39.3. The van der Waals surface area contributed by atoms with Crippen LogP contribution >= 0.6 is 11.8 Å². The molecule has 0 aromatic heterocycles. The van der Waals surface area contributed by atoms with Gasteiger partial charge in [-0.3, -0.25) is 0 Å². The van der Waals surface area contributed by atoms with Crippen LogP contribution in [0, 0.1) is 5.82 Å². The molecule has 0 amide bonds. The monoisotopic (exact) mass is 278 g/mol. The molecule has 0 unspecified atom stereocenters. The summed E-state index contributed by atoms with van der Waals surface area (Å²) in [6.07, 6.45) is 2.62. The summed E-state index contributed by atoms with van der Waals surface area (Å²) in [5.41, 5.74) is 5.39. The van der Waals surface area contributed by atoms with Crippen LogP contribution < -0.4 is 10.5 Å². The van der Waals surface area contributed by atoms with Crippen molar-refractivity contribution in [2.24, 2.45) is 0 Å². The highest BCUT2D eigenvalue weighted by Crippen LogP contribution is 2.21. The summed E-state index contributed by atoms with van der Waals surface area (Å²) in [5.74, 6) is 0.0114. The molecule has 0 fully saturated rings. The fraction of sp³-hybridized carbons (Fsp3) is 0.400. The summed E-state index contributed by atoms with van der Waals surface area (Å²) in [6, 6.07) is 3.81. The lowest BCUT2D eigenvalue weighted by Gasteiger charge is -2.09. The number of thioether (sulfide) groups is 1. The molecule has 1 aromatic rings. The molecule has 7 heteroatoms. The molecule has 17 heavy (non-hydrogen) atoms. The Balaban J connectivity index is 2.83. The van der Waals surface area contributed by atoms with Gasteiger partial charge in [-0.2, -0.15) is 11.8 Å². The Bertz CT molecular complexity index is 457. The van der Waals surface area contributed by atoms with Crippen LogP contribution in [0.1, 0.15) is 6.42 Å². The highest BCUT2D eigenvalue weighted by Gasteiger charge is 2.21. The number of hydrogen-bond donors (Lipinski definition) is 2. The minimum atomic E-state index is -3.86. The van der Waals surface area contributed by atoms with Gasteiger partial charge in [0.2, 0.25) is 10.0 Å². The van der Waals surface area contributed by atoms with Gasteiger partial charge in [0, 0.05) is 6.54 Å². The van der Waals surface area contributed by atoms with E-state index >= 15 is 0 Å². The highest BCUT2D eigenvalue weighted by atomic mass is 32.2. The number of nitrogens with two attached hydrogens (primary N) is 1. The number of nitrogen functional groups attached to an aromatic ring is 1. The van der Waals surface area contributed by atoms with Crippen LogP contribution in [0.25, 0.3) is 0 Å². The summed E-state index contributed by atoms with van der Waals surface area (Å²) in [7, 11) is -3.86. The number of nitrogens with one attached hydrogen (secondary N) is 1. The van der Waals surface area contributed by atoms with Gasteiger partial charge >= 0.3 is 0 Å². The number of sulfonamides is 1. The van der Waals surface area contributed by atoms with E-state index in [1.807, 2.05) is 6.26 Å². The van der Waals surface area contributed by atoms with Crippen molar-refractivity contribution >= 4 is 27.5 Å². The molecular formula is C10H15FN2O2S2. The normalized spacial score (nSPS) is 11.6. The van der Waals surface area contributed by atoms with Crippen molar-refractivity contribution < 1.29 is 12.8 Å². The van der Waals surface area contributed by atoms with E-state index in [9.17, 15) is 12.8 Å². The summed E-state index contributed by atoms with van der Waals surface area (Å²) >= 11 is 1.62. The van der Waals surface area contributed by atoms with Crippen LogP contribution in [0.2, 0.25) is 0 Å². The molecule has 4 nitrogen and oxygen atoms in total. The molecule has 3 N–H and O–H groups in total. The molecule has 0 aliphatic carbocycles. The highest BCUT2D eigenvalue weighted by molar-refractivity contribution is 7.98. The first-order valence-corrected chi connectivity index (χ1v) is 7.89. The topological polar surface area (TPSA) is 72.2 Å². The zero-order valence-electron chi connectivity index (χ0n) is 9.44. The van der Waals surface area contributed by atoms with Gasteiger partial charge in [-0.25, -0.2) is 17.5 Å². The maximum Gasteiger partial charge on any atom is 0.245 e. The van der Waals surface area contributed by atoms with Gasteiger partial charge in [0.15, 0.2) is 0 Å². The zero-order valence-corrected chi connectivity index (χ0v) is 11.1. The summed E-state index contributed by atoms with van der Waals surface area (Å²) in [5, 5.41) is 0. The number of hydrogen-bond acceptors (Lipinski definition) is 4. The number of anilines is 1.